The van der Waals surface area contributed by atoms with Crippen LogP contribution in [0.25, 0.3) is 28.3 Å². The zero-order valence-corrected chi connectivity index (χ0v) is 13.6. The Labute approximate surface area is 136 Å². The predicted molar refractivity (Wildman–Crippen MR) is 94.7 cm³/mol. The van der Waals surface area contributed by atoms with Crippen LogP contribution in [0.4, 0.5) is 0 Å². The minimum Gasteiger partial charge on any atom is -0.341 e. The van der Waals surface area contributed by atoms with E-state index in [4.69, 9.17) is 4.98 Å². The van der Waals surface area contributed by atoms with Gasteiger partial charge in [-0.05, 0) is 26.8 Å². The normalized spacial score (nSPS) is 12.2. The van der Waals surface area contributed by atoms with Crippen LogP contribution in [0.15, 0.2) is 61.0 Å². The van der Waals surface area contributed by atoms with E-state index in [1.54, 1.807) is 0 Å². The first kappa shape index (κ1) is 15.0. The molecule has 0 saturated heterocycles. The number of H-pyrrole nitrogens is 1. The Morgan fingerprint density at radius 2 is 1.91 bits per heavy atom. The van der Waals surface area contributed by atoms with Crippen LogP contribution in [-0.4, -0.2) is 19.7 Å². The van der Waals surface area contributed by atoms with Gasteiger partial charge in [0.2, 0.25) is 0 Å². The Morgan fingerprint density at radius 1 is 1.13 bits per heavy atom. The summed E-state index contributed by atoms with van der Waals surface area (Å²) in [5.41, 5.74) is 5.15. The molecule has 4 nitrogen and oxygen atoms in total. The first-order valence-electron chi connectivity index (χ1n) is 7.69. The highest BCUT2D eigenvalue weighted by Gasteiger charge is 2.12. The summed E-state index contributed by atoms with van der Waals surface area (Å²) in [5.74, 6) is 0.837. The highest BCUT2D eigenvalue weighted by Crippen LogP contribution is 2.25. The number of benzene rings is 1. The lowest BCUT2D eigenvalue weighted by Gasteiger charge is -1.99. The van der Waals surface area contributed by atoms with Crippen molar-refractivity contribution >= 4 is 5.70 Å². The van der Waals surface area contributed by atoms with Crippen molar-refractivity contribution in [3.05, 3.63) is 66.6 Å². The van der Waals surface area contributed by atoms with Gasteiger partial charge in [-0.25, -0.2) is 9.67 Å². The molecule has 2 aromatic heterocycles. The van der Waals surface area contributed by atoms with Gasteiger partial charge in [0.1, 0.15) is 5.82 Å². The Kier molecular flexibility index (Phi) is 4.24. The maximum atomic E-state index is 4.75. The van der Waals surface area contributed by atoms with Crippen molar-refractivity contribution in [2.75, 3.05) is 0 Å². The van der Waals surface area contributed by atoms with Crippen molar-refractivity contribution in [2.45, 2.75) is 20.8 Å². The van der Waals surface area contributed by atoms with Gasteiger partial charge in [-0.2, -0.15) is 5.10 Å². The number of nitrogens with one attached hydrogen (secondary N) is 1. The Balaban J connectivity index is 1.97. The molecule has 0 unspecified atom stereocenters. The number of hydrogen-bond donors (Lipinski definition) is 1. The fourth-order valence-corrected chi connectivity index (χ4v) is 2.54. The van der Waals surface area contributed by atoms with Crippen LogP contribution in [-0.2, 0) is 0 Å². The number of imidazole rings is 1. The van der Waals surface area contributed by atoms with Crippen LogP contribution in [0, 0.1) is 6.92 Å². The molecule has 0 radical (unpaired) electrons. The van der Waals surface area contributed by atoms with E-state index in [1.807, 2.05) is 74.3 Å². The number of allylic oxidation sites excluding steroid dienone is 4. The van der Waals surface area contributed by atoms with Crippen LogP contribution in [0.2, 0.25) is 0 Å². The number of rotatable bonds is 4. The first-order valence-corrected chi connectivity index (χ1v) is 7.69. The summed E-state index contributed by atoms with van der Waals surface area (Å²) in [5, 5.41) is 4.43. The smallest absolute Gasteiger partial charge is 0.141 e. The summed E-state index contributed by atoms with van der Waals surface area (Å²) < 4.78 is 1.86. The summed E-state index contributed by atoms with van der Waals surface area (Å²) in [6.07, 6.45) is 9.88. The van der Waals surface area contributed by atoms with Gasteiger partial charge in [0.15, 0.2) is 0 Å². The first-order chi connectivity index (χ1) is 11.2. The SMILES string of the molecule is C/C=C\C(=C/C)n1cc(-c2nc(-c3ccccc3)c(C)[nH]2)cn1. The van der Waals surface area contributed by atoms with Crippen molar-refractivity contribution < 1.29 is 0 Å². The highest BCUT2D eigenvalue weighted by atomic mass is 15.3. The van der Waals surface area contributed by atoms with E-state index in [-0.39, 0.29) is 0 Å². The second-order valence-corrected chi connectivity index (χ2v) is 5.31. The Hall–Kier alpha value is -2.88. The average molecular weight is 304 g/mol. The second-order valence-electron chi connectivity index (χ2n) is 5.31. The minimum atomic E-state index is 0.837. The fraction of sp³-hybridized carbons (Fsp3) is 0.158. The molecule has 0 saturated carbocycles. The molecule has 0 spiro atoms. The maximum Gasteiger partial charge on any atom is 0.141 e. The van der Waals surface area contributed by atoms with Crippen LogP contribution < -0.4 is 0 Å². The average Bonchev–Trinajstić information content (AvgIpc) is 3.20. The van der Waals surface area contributed by atoms with E-state index in [9.17, 15) is 0 Å². The minimum absolute atomic E-state index is 0.837. The third-order valence-corrected chi connectivity index (χ3v) is 3.69. The lowest BCUT2D eigenvalue weighted by atomic mass is 10.1. The van der Waals surface area contributed by atoms with Crippen molar-refractivity contribution in [3.8, 4) is 22.6 Å². The molecule has 23 heavy (non-hydrogen) atoms. The highest BCUT2D eigenvalue weighted by molar-refractivity contribution is 5.67. The van der Waals surface area contributed by atoms with Gasteiger partial charge in [-0.15, -0.1) is 0 Å². The molecule has 1 aromatic carbocycles. The van der Waals surface area contributed by atoms with E-state index >= 15 is 0 Å². The van der Waals surface area contributed by atoms with Crippen LogP contribution in [0.3, 0.4) is 0 Å². The lowest BCUT2D eigenvalue weighted by Crippen LogP contribution is -1.93. The molecular formula is C19H20N4. The van der Waals surface area contributed by atoms with E-state index in [1.165, 1.54) is 0 Å². The Morgan fingerprint density at radius 3 is 2.61 bits per heavy atom. The van der Waals surface area contributed by atoms with E-state index < -0.39 is 0 Å². The predicted octanol–water partition coefficient (Wildman–Crippen LogP) is 4.69. The molecule has 0 atom stereocenters. The molecule has 0 aliphatic heterocycles. The zero-order chi connectivity index (χ0) is 16.2. The number of aromatic amines is 1. The summed E-state index contributed by atoms with van der Waals surface area (Å²) in [7, 11) is 0. The van der Waals surface area contributed by atoms with Gasteiger partial charge in [-0.1, -0.05) is 42.5 Å². The molecule has 3 aromatic rings. The number of nitrogens with zero attached hydrogens (tertiary/aromatic N) is 3. The van der Waals surface area contributed by atoms with Crippen LogP contribution in [0.1, 0.15) is 19.5 Å². The van der Waals surface area contributed by atoms with Crippen molar-refractivity contribution in [1.82, 2.24) is 19.7 Å². The monoisotopic (exact) mass is 304 g/mol. The molecule has 0 aliphatic carbocycles. The standard InChI is InChI=1S/C19H20N4/c1-4-9-17(5-2)23-13-16(12-20-23)19-21-14(3)18(22-19)15-10-7-6-8-11-15/h4-13H,1-3H3,(H,21,22)/b9-4-,17-5+. The zero-order valence-electron chi connectivity index (χ0n) is 13.6. The fourth-order valence-electron chi connectivity index (χ4n) is 2.54. The third kappa shape index (κ3) is 3.01. The molecule has 0 fully saturated rings. The molecule has 0 amide bonds. The van der Waals surface area contributed by atoms with Crippen molar-refractivity contribution in [2.24, 2.45) is 0 Å². The van der Waals surface area contributed by atoms with Crippen molar-refractivity contribution in [1.29, 1.82) is 0 Å². The largest absolute Gasteiger partial charge is 0.341 e. The lowest BCUT2D eigenvalue weighted by molar-refractivity contribution is 0.908. The van der Waals surface area contributed by atoms with Gasteiger partial charge < -0.3 is 4.98 Å². The number of aromatic nitrogens is 4. The number of hydrogen-bond acceptors (Lipinski definition) is 2. The molecular weight excluding hydrogens is 284 g/mol. The summed E-state index contributed by atoms with van der Waals surface area (Å²) in [6, 6.07) is 10.2. The molecule has 1 N–H and O–H groups in total. The molecule has 0 aliphatic rings. The summed E-state index contributed by atoms with van der Waals surface area (Å²) >= 11 is 0. The van der Waals surface area contributed by atoms with Gasteiger partial charge in [-0.3, -0.25) is 0 Å². The molecule has 4 heteroatoms. The van der Waals surface area contributed by atoms with E-state index in [0.29, 0.717) is 0 Å². The van der Waals surface area contributed by atoms with Crippen LogP contribution in [0.5, 0.6) is 0 Å². The molecule has 0 bridgehead atoms. The molecule has 116 valence electrons. The molecule has 3 rings (SSSR count). The number of aryl methyl sites for hydroxylation is 1. The van der Waals surface area contributed by atoms with Gasteiger partial charge in [0.25, 0.3) is 0 Å². The van der Waals surface area contributed by atoms with Gasteiger partial charge in [0.05, 0.1) is 23.2 Å². The summed E-state index contributed by atoms with van der Waals surface area (Å²) in [4.78, 5) is 8.11. The van der Waals surface area contributed by atoms with Crippen LogP contribution >= 0.6 is 0 Å². The van der Waals surface area contributed by atoms with Crippen molar-refractivity contribution in [3.63, 3.8) is 0 Å². The molecule has 2 heterocycles. The topological polar surface area (TPSA) is 46.5 Å². The van der Waals surface area contributed by atoms with Gasteiger partial charge in [0, 0.05) is 17.5 Å². The Bertz CT molecular complexity index is 851. The van der Waals surface area contributed by atoms with E-state index in [2.05, 4.69) is 22.2 Å². The third-order valence-electron chi connectivity index (χ3n) is 3.69. The second kappa shape index (κ2) is 6.48. The maximum absolute atomic E-state index is 4.75. The quantitative estimate of drug-likeness (QED) is 0.711. The van der Waals surface area contributed by atoms with Gasteiger partial charge >= 0.3 is 0 Å². The summed E-state index contributed by atoms with van der Waals surface area (Å²) in [6.45, 7) is 6.04. The van der Waals surface area contributed by atoms with E-state index in [0.717, 1.165) is 34.0 Å².